The number of rotatable bonds is 4. The first-order valence-corrected chi connectivity index (χ1v) is 9.19. The van der Waals surface area contributed by atoms with Crippen molar-refractivity contribution in [3.05, 3.63) is 29.8 Å². The second kappa shape index (κ2) is 6.67. The molecule has 1 aromatic carbocycles. The van der Waals surface area contributed by atoms with Gasteiger partial charge in [0, 0.05) is 18.8 Å². The molecule has 1 heterocycles. The molecule has 0 saturated carbocycles. The first-order chi connectivity index (χ1) is 10.7. The highest BCUT2D eigenvalue weighted by Gasteiger charge is 2.31. The Kier molecular flexibility index (Phi) is 5.06. The standard InChI is InChI=1S/C15H21N3O4S/c1-11-4-6-13(7-5-11)18-9-8-17(10-14(18)19)15(20)12(2)16-23(3,21)22/h4-7,12,16H,8-10H2,1-3H3/t12-/m1/s1. The average molecular weight is 339 g/mol. The molecule has 126 valence electrons. The first kappa shape index (κ1) is 17.4. The highest BCUT2D eigenvalue weighted by molar-refractivity contribution is 7.88. The van der Waals surface area contributed by atoms with Crippen LogP contribution >= 0.6 is 0 Å². The van der Waals surface area contributed by atoms with Gasteiger partial charge in [-0.05, 0) is 26.0 Å². The average Bonchev–Trinajstić information content (AvgIpc) is 2.45. The third kappa shape index (κ3) is 4.52. The van der Waals surface area contributed by atoms with Crippen LogP contribution < -0.4 is 9.62 Å². The van der Waals surface area contributed by atoms with Gasteiger partial charge in [0.25, 0.3) is 0 Å². The summed E-state index contributed by atoms with van der Waals surface area (Å²) in [6, 6.07) is 6.72. The fourth-order valence-electron chi connectivity index (χ4n) is 2.50. The lowest BCUT2D eigenvalue weighted by atomic mass is 10.2. The molecule has 0 aromatic heterocycles. The fraction of sp³-hybridized carbons (Fsp3) is 0.467. The van der Waals surface area contributed by atoms with Crippen molar-refractivity contribution in [2.75, 3.05) is 30.8 Å². The minimum absolute atomic E-state index is 0.0531. The number of carbonyl (C=O) groups is 2. The SMILES string of the molecule is Cc1ccc(N2CCN(C(=O)[C@@H](C)NS(C)(=O)=O)CC2=O)cc1. The van der Waals surface area contributed by atoms with E-state index in [1.165, 1.54) is 11.8 Å². The Morgan fingerprint density at radius 1 is 1.22 bits per heavy atom. The van der Waals surface area contributed by atoms with Gasteiger partial charge in [-0.1, -0.05) is 17.7 Å². The van der Waals surface area contributed by atoms with E-state index in [0.717, 1.165) is 17.5 Å². The summed E-state index contributed by atoms with van der Waals surface area (Å²) in [7, 11) is -3.47. The van der Waals surface area contributed by atoms with Crippen LogP contribution in [0.5, 0.6) is 0 Å². The molecular weight excluding hydrogens is 318 g/mol. The van der Waals surface area contributed by atoms with Crippen molar-refractivity contribution in [1.29, 1.82) is 0 Å². The summed E-state index contributed by atoms with van der Waals surface area (Å²) in [4.78, 5) is 27.6. The van der Waals surface area contributed by atoms with E-state index in [-0.39, 0.29) is 12.5 Å². The molecular formula is C15H21N3O4S. The number of carbonyl (C=O) groups excluding carboxylic acids is 2. The van der Waals surface area contributed by atoms with Crippen LogP contribution in [0, 0.1) is 6.92 Å². The largest absolute Gasteiger partial charge is 0.330 e. The van der Waals surface area contributed by atoms with Gasteiger partial charge >= 0.3 is 0 Å². The summed E-state index contributed by atoms with van der Waals surface area (Å²) >= 11 is 0. The Bertz CT molecular complexity index is 700. The number of benzene rings is 1. The lowest BCUT2D eigenvalue weighted by Gasteiger charge is -2.35. The molecule has 2 amide bonds. The van der Waals surface area contributed by atoms with Gasteiger partial charge in [-0.25, -0.2) is 13.1 Å². The maximum Gasteiger partial charge on any atom is 0.246 e. The van der Waals surface area contributed by atoms with E-state index in [4.69, 9.17) is 0 Å². The zero-order valence-corrected chi connectivity index (χ0v) is 14.3. The molecule has 0 bridgehead atoms. The molecule has 1 aliphatic heterocycles. The zero-order valence-electron chi connectivity index (χ0n) is 13.4. The van der Waals surface area contributed by atoms with Crippen LogP contribution in [0.1, 0.15) is 12.5 Å². The van der Waals surface area contributed by atoms with E-state index in [1.54, 1.807) is 4.90 Å². The first-order valence-electron chi connectivity index (χ1n) is 7.30. The molecule has 1 atom stereocenters. The van der Waals surface area contributed by atoms with Crippen LogP contribution in [-0.4, -0.2) is 57.1 Å². The van der Waals surface area contributed by atoms with Crippen molar-refractivity contribution >= 4 is 27.5 Å². The number of nitrogens with one attached hydrogen (secondary N) is 1. The number of piperazine rings is 1. The number of aryl methyl sites for hydroxylation is 1. The van der Waals surface area contributed by atoms with E-state index in [2.05, 4.69) is 4.72 Å². The lowest BCUT2D eigenvalue weighted by Crippen LogP contribution is -2.56. The third-order valence-corrected chi connectivity index (χ3v) is 4.42. The molecule has 1 aromatic rings. The molecule has 0 unspecified atom stereocenters. The highest BCUT2D eigenvalue weighted by Crippen LogP contribution is 2.18. The van der Waals surface area contributed by atoms with Crippen molar-refractivity contribution in [2.45, 2.75) is 19.9 Å². The smallest absolute Gasteiger partial charge is 0.246 e. The molecule has 0 radical (unpaired) electrons. The maximum absolute atomic E-state index is 12.3. The highest BCUT2D eigenvalue weighted by atomic mass is 32.2. The van der Waals surface area contributed by atoms with Crippen LogP contribution in [0.3, 0.4) is 0 Å². The Morgan fingerprint density at radius 3 is 2.35 bits per heavy atom. The van der Waals surface area contributed by atoms with Gasteiger partial charge in [-0.2, -0.15) is 0 Å². The summed E-state index contributed by atoms with van der Waals surface area (Å²) in [6.45, 7) is 4.15. The Morgan fingerprint density at radius 2 is 1.83 bits per heavy atom. The number of amides is 2. The van der Waals surface area contributed by atoms with E-state index in [0.29, 0.717) is 13.1 Å². The Labute approximate surface area is 136 Å². The molecule has 0 spiro atoms. The number of sulfonamides is 1. The van der Waals surface area contributed by atoms with E-state index in [9.17, 15) is 18.0 Å². The predicted octanol–water partition coefficient (Wildman–Crippen LogP) is 0.108. The molecule has 8 heteroatoms. The summed E-state index contributed by atoms with van der Waals surface area (Å²) in [5.41, 5.74) is 1.91. The van der Waals surface area contributed by atoms with Gasteiger partial charge in [-0.3, -0.25) is 9.59 Å². The number of anilines is 1. The minimum atomic E-state index is -3.47. The molecule has 23 heavy (non-hydrogen) atoms. The quantitative estimate of drug-likeness (QED) is 0.843. The van der Waals surface area contributed by atoms with Crippen molar-refractivity contribution in [1.82, 2.24) is 9.62 Å². The number of hydrogen-bond donors (Lipinski definition) is 1. The summed E-state index contributed by atoms with van der Waals surface area (Å²) in [6.07, 6.45) is 0.997. The number of hydrogen-bond acceptors (Lipinski definition) is 4. The van der Waals surface area contributed by atoms with Gasteiger partial charge in [-0.15, -0.1) is 0 Å². The molecule has 2 rings (SSSR count). The molecule has 1 aliphatic rings. The fourth-order valence-corrected chi connectivity index (χ4v) is 3.25. The van der Waals surface area contributed by atoms with Crippen molar-refractivity contribution in [3.63, 3.8) is 0 Å². The van der Waals surface area contributed by atoms with Gasteiger partial charge in [0.1, 0.15) is 6.54 Å². The van der Waals surface area contributed by atoms with Crippen LogP contribution in [0.2, 0.25) is 0 Å². The second-order valence-electron chi connectivity index (χ2n) is 5.75. The van der Waals surface area contributed by atoms with Gasteiger partial charge in [0.15, 0.2) is 0 Å². The maximum atomic E-state index is 12.3. The van der Waals surface area contributed by atoms with E-state index in [1.807, 2.05) is 31.2 Å². The summed E-state index contributed by atoms with van der Waals surface area (Å²) in [5.74, 6) is -0.577. The number of nitrogens with zero attached hydrogens (tertiary/aromatic N) is 2. The van der Waals surface area contributed by atoms with Crippen LogP contribution in [0.15, 0.2) is 24.3 Å². The zero-order chi connectivity index (χ0) is 17.2. The predicted molar refractivity (Wildman–Crippen MR) is 87.6 cm³/mol. The van der Waals surface area contributed by atoms with Crippen LogP contribution in [0.25, 0.3) is 0 Å². The monoisotopic (exact) mass is 339 g/mol. The van der Waals surface area contributed by atoms with Crippen molar-refractivity contribution < 1.29 is 18.0 Å². The minimum Gasteiger partial charge on any atom is -0.330 e. The van der Waals surface area contributed by atoms with Crippen LogP contribution in [-0.2, 0) is 19.6 Å². The lowest BCUT2D eigenvalue weighted by molar-refractivity contribution is -0.137. The molecule has 1 N–H and O–H groups in total. The topological polar surface area (TPSA) is 86.8 Å². The van der Waals surface area contributed by atoms with Crippen molar-refractivity contribution in [3.8, 4) is 0 Å². The molecule has 1 saturated heterocycles. The van der Waals surface area contributed by atoms with Gasteiger partial charge in [0.2, 0.25) is 21.8 Å². The summed E-state index contributed by atoms with van der Waals surface area (Å²) in [5, 5.41) is 0. The Balaban J connectivity index is 2.02. The molecule has 0 aliphatic carbocycles. The van der Waals surface area contributed by atoms with E-state index >= 15 is 0 Å². The third-order valence-electron chi connectivity index (χ3n) is 3.64. The Hall–Kier alpha value is -1.93. The second-order valence-corrected chi connectivity index (χ2v) is 7.53. The summed E-state index contributed by atoms with van der Waals surface area (Å²) < 4.78 is 24.6. The molecule has 7 nitrogen and oxygen atoms in total. The van der Waals surface area contributed by atoms with Crippen LogP contribution in [0.4, 0.5) is 5.69 Å². The van der Waals surface area contributed by atoms with Gasteiger partial charge < -0.3 is 9.80 Å². The van der Waals surface area contributed by atoms with Gasteiger partial charge in [0.05, 0.1) is 12.3 Å². The van der Waals surface area contributed by atoms with E-state index < -0.39 is 22.0 Å². The molecule has 1 fully saturated rings. The normalized spacial score (nSPS) is 17.3. The van der Waals surface area contributed by atoms with Crippen molar-refractivity contribution in [2.24, 2.45) is 0 Å².